The zero-order chi connectivity index (χ0) is 28.1. The number of ether oxygens (including phenoxy) is 1. The van der Waals surface area contributed by atoms with Gasteiger partial charge in [-0.1, -0.05) is 0 Å². The van der Waals surface area contributed by atoms with Crippen molar-refractivity contribution in [3.05, 3.63) is 71.4 Å². The molecule has 2 fully saturated rings. The minimum atomic E-state index is -4.46. The number of nitrogens with zero attached hydrogens (tertiary/aromatic N) is 5. The Bertz CT molecular complexity index is 1330. The normalized spacial score (nSPS) is 17.8. The number of hydrogen-bond donors (Lipinski definition) is 2. The van der Waals surface area contributed by atoms with Crippen LogP contribution in [0.15, 0.2) is 54.7 Å². The average molecular weight is 556 g/mol. The predicted octanol–water partition coefficient (Wildman–Crippen LogP) is 3.51. The summed E-state index contributed by atoms with van der Waals surface area (Å²) in [6, 6.07) is 11.0. The molecule has 40 heavy (non-hydrogen) atoms. The van der Waals surface area contributed by atoms with Crippen molar-refractivity contribution >= 4 is 29.3 Å². The molecule has 210 valence electrons. The first-order valence-electron chi connectivity index (χ1n) is 12.9. The fraction of sp³-hybridized carbons (Fsp3) is 0.370. The molecule has 2 saturated heterocycles. The second kappa shape index (κ2) is 11.9. The molecule has 0 radical (unpaired) electrons. The van der Waals surface area contributed by atoms with Crippen LogP contribution >= 0.6 is 0 Å². The summed E-state index contributed by atoms with van der Waals surface area (Å²) < 4.78 is 43.7. The molecule has 0 saturated carbocycles. The first kappa shape index (κ1) is 27.3. The second-order valence-electron chi connectivity index (χ2n) is 9.58. The van der Waals surface area contributed by atoms with E-state index in [9.17, 15) is 22.8 Å². The number of halogens is 3. The predicted molar refractivity (Wildman–Crippen MR) is 140 cm³/mol. The van der Waals surface area contributed by atoms with Crippen LogP contribution < -0.4 is 15.5 Å². The molecule has 2 amide bonds. The van der Waals surface area contributed by atoms with E-state index in [0.29, 0.717) is 63.1 Å². The summed E-state index contributed by atoms with van der Waals surface area (Å²) in [4.78, 5) is 33.5. The molecule has 0 aliphatic carbocycles. The standard InChI is InChI=1S/C27H28F3N7O3/c28-27(29,30)20-7-3-18(4-8-20)24(38)33-22-2-1-11-37(17-22)26-34-23(16-31-35-26)32-21-9-5-19(6-10-21)25(39)36-12-14-40-15-13-36/h3-10,16,22H,1-2,11-15,17H2,(H,33,38)(H,32,34,35). The quantitative estimate of drug-likeness (QED) is 0.476. The largest absolute Gasteiger partial charge is 0.416 e. The third kappa shape index (κ3) is 6.65. The fourth-order valence-electron chi connectivity index (χ4n) is 4.64. The van der Waals surface area contributed by atoms with Crippen molar-refractivity contribution in [2.24, 2.45) is 0 Å². The van der Waals surface area contributed by atoms with Crippen LogP contribution in [0, 0.1) is 0 Å². The molecule has 1 unspecified atom stereocenters. The van der Waals surface area contributed by atoms with E-state index in [1.165, 1.54) is 18.3 Å². The van der Waals surface area contributed by atoms with Crippen molar-refractivity contribution < 1.29 is 27.5 Å². The van der Waals surface area contributed by atoms with Crippen LogP contribution in [0.3, 0.4) is 0 Å². The lowest BCUT2D eigenvalue weighted by Gasteiger charge is -2.33. The van der Waals surface area contributed by atoms with E-state index in [2.05, 4.69) is 25.8 Å². The van der Waals surface area contributed by atoms with E-state index in [1.54, 1.807) is 29.2 Å². The maximum Gasteiger partial charge on any atom is 0.416 e. The molecule has 13 heteroatoms. The molecule has 2 N–H and O–H groups in total. The molecular weight excluding hydrogens is 527 g/mol. The number of morpholine rings is 1. The van der Waals surface area contributed by atoms with Crippen molar-refractivity contribution in [3.8, 4) is 0 Å². The van der Waals surface area contributed by atoms with Gasteiger partial charge in [0.25, 0.3) is 11.8 Å². The number of amides is 2. The topological polar surface area (TPSA) is 113 Å². The van der Waals surface area contributed by atoms with E-state index in [4.69, 9.17) is 4.74 Å². The van der Waals surface area contributed by atoms with Crippen LogP contribution in [-0.2, 0) is 10.9 Å². The smallest absolute Gasteiger partial charge is 0.378 e. The lowest BCUT2D eigenvalue weighted by atomic mass is 10.0. The fourth-order valence-corrected chi connectivity index (χ4v) is 4.64. The van der Waals surface area contributed by atoms with Gasteiger partial charge in [-0.05, 0) is 61.4 Å². The number of piperidine rings is 1. The SMILES string of the molecule is O=C(NC1CCCN(c2nncc(Nc3ccc(C(=O)N4CCOCC4)cc3)n2)C1)c1ccc(C(F)(F)F)cc1. The number of anilines is 3. The summed E-state index contributed by atoms with van der Waals surface area (Å²) in [5, 5.41) is 14.3. The van der Waals surface area contributed by atoms with Crippen LogP contribution in [0.1, 0.15) is 39.1 Å². The summed E-state index contributed by atoms with van der Waals surface area (Å²) in [5.74, 6) is 0.377. The maximum atomic E-state index is 12.8. The molecule has 10 nitrogen and oxygen atoms in total. The summed E-state index contributed by atoms with van der Waals surface area (Å²) in [7, 11) is 0. The summed E-state index contributed by atoms with van der Waals surface area (Å²) in [6.45, 7) is 3.32. The molecule has 0 spiro atoms. The van der Waals surface area contributed by atoms with Crippen LogP contribution in [0.4, 0.5) is 30.6 Å². The third-order valence-electron chi connectivity index (χ3n) is 6.76. The number of carbonyl (C=O) groups is 2. The Hall–Kier alpha value is -4.26. The molecule has 2 aliphatic heterocycles. The van der Waals surface area contributed by atoms with Crippen LogP contribution in [-0.4, -0.2) is 77.3 Å². The van der Waals surface area contributed by atoms with E-state index in [0.717, 1.165) is 24.2 Å². The van der Waals surface area contributed by atoms with Gasteiger partial charge in [0.05, 0.1) is 25.0 Å². The van der Waals surface area contributed by atoms with Gasteiger partial charge < -0.3 is 25.2 Å². The van der Waals surface area contributed by atoms with Gasteiger partial charge in [-0.15, -0.1) is 5.10 Å². The Morgan fingerprint density at radius 1 is 0.950 bits per heavy atom. The minimum Gasteiger partial charge on any atom is -0.378 e. The lowest BCUT2D eigenvalue weighted by molar-refractivity contribution is -0.137. The monoisotopic (exact) mass is 555 g/mol. The van der Waals surface area contributed by atoms with E-state index >= 15 is 0 Å². The average Bonchev–Trinajstić information content (AvgIpc) is 2.97. The number of carbonyl (C=O) groups excluding carboxylic acids is 2. The lowest BCUT2D eigenvalue weighted by Crippen LogP contribution is -2.48. The number of nitrogens with one attached hydrogen (secondary N) is 2. The molecule has 2 aromatic carbocycles. The molecule has 1 aromatic heterocycles. The molecule has 0 bridgehead atoms. The summed E-state index contributed by atoms with van der Waals surface area (Å²) in [5.41, 5.74) is 0.673. The molecule has 1 atom stereocenters. The van der Waals surface area contributed by atoms with Gasteiger partial charge in [-0.3, -0.25) is 9.59 Å². The van der Waals surface area contributed by atoms with Crippen molar-refractivity contribution in [2.45, 2.75) is 25.1 Å². The first-order chi connectivity index (χ1) is 19.3. The van der Waals surface area contributed by atoms with E-state index in [-0.39, 0.29) is 17.5 Å². The Labute approximate surface area is 228 Å². The van der Waals surface area contributed by atoms with Gasteiger partial charge in [0.1, 0.15) is 0 Å². The second-order valence-corrected chi connectivity index (χ2v) is 9.58. The van der Waals surface area contributed by atoms with Crippen LogP contribution in [0.25, 0.3) is 0 Å². The van der Waals surface area contributed by atoms with Crippen molar-refractivity contribution in [3.63, 3.8) is 0 Å². The van der Waals surface area contributed by atoms with Gasteiger partial charge in [0.15, 0.2) is 5.82 Å². The Morgan fingerprint density at radius 3 is 2.35 bits per heavy atom. The molecule has 5 rings (SSSR count). The third-order valence-corrected chi connectivity index (χ3v) is 6.76. The Morgan fingerprint density at radius 2 is 1.65 bits per heavy atom. The van der Waals surface area contributed by atoms with Gasteiger partial charge in [-0.25, -0.2) is 0 Å². The molecule has 3 aromatic rings. The van der Waals surface area contributed by atoms with Crippen LogP contribution in [0.2, 0.25) is 0 Å². The number of hydrogen-bond acceptors (Lipinski definition) is 8. The number of aromatic nitrogens is 3. The van der Waals surface area contributed by atoms with Crippen LogP contribution in [0.5, 0.6) is 0 Å². The highest BCUT2D eigenvalue weighted by molar-refractivity contribution is 5.95. The molecule has 3 heterocycles. The molecular formula is C27H28F3N7O3. The number of rotatable bonds is 6. The number of benzene rings is 2. The van der Waals surface area contributed by atoms with Gasteiger partial charge >= 0.3 is 6.18 Å². The maximum absolute atomic E-state index is 12.8. The molecule has 2 aliphatic rings. The summed E-state index contributed by atoms with van der Waals surface area (Å²) >= 11 is 0. The van der Waals surface area contributed by atoms with Crippen molar-refractivity contribution in [1.29, 1.82) is 0 Å². The van der Waals surface area contributed by atoms with E-state index < -0.39 is 17.6 Å². The van der Waals surface area contributed by atoms with Gasteiger partial charge in [-0.2, -0.15) is 23.3 Å². The summed E-state index contributed by atoms with van der Waals surface area (Å²) in [6.07, 6.45) is -1.49. The number of alkyl halides is 3. The minimum absolute atomic E-state index is 0.0362. The first-order valence-corrected chi connectivity index (χ1v) is 12.9. The Kier molecular flexibility index (Phi) is 8.10. The zero-order valence-electron chi connectivity index (χ0n) is 21.5. The highest BCUT2D eigenvalue weighted by Crippen LogP contribution is 2.29. The van der Waals surface area contributed by atoms with Crippen molar-refractivity contribution in [1.82, 2.24) is 25.4 Å². The van der Waals surface area contributed by atoms with Gasteiger partial charge in [0, 0.05) is 49.0 Å². The van der Waals surface area contributed by atoms with Gasteiger partial charge in [0.2, 0.25) is 5.95 Å². The Balaban J connectivity index is 1.18. The highest BCUT2D eigenvalue weighted by Gasteiger charge is 2.30. The van der Waals surface area contributed by atoms with E-state index in [1.807, 2.05) is 4.90 Å². The van der Waals surface area contributed by atoms with Crippen molar-refractivity contribution in [2.75, 3.05) is 49.6 Å². The zero-order valence-corrected chi connectivity index (χ0v) is 21.5. The highest BCUT2D eigenvalue weighted by atomic mass is 19.4.